The fourth-order valence-corrected chi connectivity index (χ4v) is 3.55. The summed E-state index contributed by atoms with van der Waals surface area (Å²) < 4.78 is 14.3. The van der Waals surface area contributed by atoms with Gasteiger partial charge in [0.15, 0.2) is 0 Å². The number of hydrogen-bond donors (Lipinski definition) is 1. The van der Waals surface area contributed by atoms with Gasteiger partial charge in [0.2, 0.25) is 5.88 Å². The Kier molecular flexibility index (Phi) is 3.82. The van der Waals surface area contributed by atoms with Crippen LogP contribution in [0.5, 0.6) is 5.88 Å². The number of aliphatic imine (C=N–C) groups is 1. The molecule has 1 aromatic heterocycles. The molecule has 4 rings (SSSR count). The van der Waals surface area contributed by atoms with E-state index in [9.17, 15) is 14.3 Å². The molecule has 124 valence electrons. The first-order valence-electron chi connectivity index (χ1n) is 7.64. The van der Waals surface area contributed by atoms with Gasteiger partial charge in [-0.25, -0.2) is 4.39 Å². The first kappa shape index (κ1) is 15.5. The highest BCUT2D eigenvalue weighted by atomic mass is 32.1. The number of hydrogen-bond acceptors (Lipinski definition) is 4. The first-order chi connectivity index (χ1) is 12.1. The average molecular weight is 352 g/mol. The number of para-hydroxylation sites is 1. The highest BCUT2D eigenvalue weighted by Crippen LogP contribution is 2.34. The van der Waals surface area contributed by atoms with Gasteiger partial charge < -0.3 is 5.11 Å². The number of halogens is 1. The summed E-state index contributed by atoms with van der Waals surface area (Å²) >= 11 is 0.970. The number of rotatable bonds is 3. The van der Waals surface area contributed by atoms with Crippen molar-refractivity contribution < 1.29 is 9.50 Å². The van der Waals surface area contributed by atoms with Crippen LogP contribution >= 0.6 is 11.3 Å². The van der Waals surface area contributed by atoms with Gasteiger partial charge >= 0.3 is 4.87 Å². The number of fused-ring (bicyclic) bond motifs is 1. The summed E-state index contributed by atoms with van der Waals surface area (Å²) in [5.41, 5.74) is 3.42. The summed E-state index contributed by atoms with van der Waals surface area (Å²) in [6, 6.07) is 13.5. The Hall–Kier alpha value is -2.99. The zero-order chi connectivity index (χ0) is 17.4. The maximum atomic E-state index is 13.0. The Morgan fingerprint density at radius 2 is 1.92 bits per heavy atom. The number of aromatic hydroxyl groups is 1. The lowest BCUT2D eigenvalue weighted by atomic mass is 10.1. The Balaban J connectivity index is 1.69. The molecule has 0 unspecified atom stereocenters. The summed E-state index contributed by atoms with van der Waals surface area (Å²) in [6.45, 7) is 0.190. The second-order valence-corrected chi connectivity index (χ2v) is 6.64. The van der Waals surface area contributed by atoms with E-state index in [-0.39, 0.29) is 23.1 Å². The zero-order valence-corrected chi connectivity index (χ0v) is 13.8. The van der Waals surface area contributed by atoms with Gasteiger partial charge in [0.25, 0.3) is 0 Å². The molecule has 6 heteroatoms. The van der Waals surface area contributed by atoms with Crippen LogP contribution < -0.4 is 4.87 Å². The first-order valence-corrected chi connectivity index (χ1v) is 8.46. The summed E-state index contributed by atoms with van der Waals surface area (Å²) in [5, 5.41) is 10.4. The van der Waals surface area contributed by atoms with Crippen LogP contribution in [-0.4, -0.2) is 15.9 Å². The molecule has 0 aliphatic carbocycles. The number of allylic oxidation sites excluding steroid dienone is 1. The molecule has 0 radical (unpaired) electrons. The van der Waals surface area contributed by atoms with Crippen molar-refractivity contribution in [2.75, 3.05) is 0 Å². The lowest BCUT2D eigenvalue weighted by Gasteiger charge is -2.04. The monoisotopic (exact) mass is 352 g/mol. The number of nitrogens with zero attached hydrogens (tertiary/aromatic N) is 2. The third-order valence-corrected chi connectivity index (χ3v) is 4.91. The quantitative estimate of drug-likeness (QED) is 0.773. The summed E-state index contributed by atoms with van der Waals surface area (Å²) in [4.78, 5) is 16.8. The average Bonchev–Trinajstić information content (AvgIpc) is 3.14. The molecular weight excluding hydrogens is 339 g/mol. The molecule has 4 nitrogen and oxygen atoms in total. The van der Waals surface area contributed by atoms with Crippen LogP contribution in [0.25, 0.3) is 11.6 Å². The van der Waals surface area contributed by atoms with Crippen LogP contribution in [0.4, 0.5) is 10.1 Å². The van der Waals surface area contributed by atoms with E-state index in [0.29, 0.717) is 4.88 Å². The van der Waals surface area contributed by atoms with Crippen molar-refractivity contribution in [3.63, 3.8) is 0 Å². The molecule has 1 aliphatic heterocycles. The minimum Gasteiger partial charge on any atom is -0.493 e. The van der Waals surface area contributed by atoms with Crippen LogP contribution in [0, 0.1) is 5.82 Å². The molecule has 0 atom stereocenters. The predicted octanol–water partition coefficient (Wildman–Crippen LogP) is 4.06. The van der Waals surface area contributed by atoms with E-state index in [4.69, 9.17) is 0 Å². The molecule has 0 amide bonds. The fourth-order valence-electron chi connectivity index (χ4n) is 2.72. The molecule has 1 aliphatic rings. The Morgan fingerprint density at radius 1 is 1.16 bits per heavy atom. The molecule has 0 saturated heterocycles. The van der Waals surface area contributed by atoms with Crippen molar-refractivity contribution in [2.45, 2.75) is 6.54 Å². The smallest absolute Gasteiger partial charge is 0.310 e. The van der Waals surface area contributed by atoms with Gasteiger partial charge in [0.05, 0.1) is 17.1 Å². The Labute approximate surface area is 146 Å². The highest BCUT2D eigenvalue weighted by Gasteiger charge is 2.16. The number of aromatic nitrogens is 1. The molecule has 0 spiro atoms. The molecule has 2 heterocycles. The summed E-state index contributed by atoms with van der Waals surface area (Å²) in [6.07, 6.45) is 3.48. The molecule has 2 aromatic carbocycles. The van der Waals surface area contributed by atoms with Crippen molar-refractivity contribution in [3.8, 4) is 5.88 Å². The van der Waals surface area contributed by atoms with Crippen LogP contribution in [-0.2, 0) is 6.54 Å². The molecule has 0 bridgehead atoms. The van der Waals surface area contributed by atoms with E-state index in [0.717, 1.165) is 33.7 Å². The lowest BCUT2D eigenvalue weighted by molar-refractivity contribution is 0.420. The maximum absolute atomic E-state index is 13.0. The standard InChI is InChI=1S/C19H13FN2O2S/c20-14-7-5-12(6-8-14)11-22-18(23)17(25-19(22)24)9-13-10-21-16-4-2-1-3-15(13)16/h1-10,23H,11H2/b13-9+. The van der Waals surface area contributed by atoms with E-state index < -0.39 is 0 Å². The van der Waals surface area contributed by atoms with Crippen molar-refractivity contribution in [1.82, 2.24) is 4.57 Å². The van der Waals surface area contributed by atoms with Crippen molar-refractivity contribution in [2.24, 2.45) is 4.99 Å². The maximum Gasteiger partial charge on any atom is 0.310 e. The van der Waals surface area contributed by atoms with E-state index in [1.54, 1.807) is 24.4 Å². The minimum atomic E-state index is -0.338. The van der Waals surface area contributed by atoms with Crippen molar-refractivity contribution in [3.05, 3.63) is 80.0 Å². The zero-order valence-electron chi connectivity index (χ0n) is 13.0. The summed E-state index contributed by atoms with van der Waals surface area (Å²) in [5.74, 6) is -0.431. The molecule has 25 heavy (non-hydrogen) atoms. The van der Waals surface area contributed by atoms with Gasteiger partial charge in [-0.15, -0.1) is 0 Å². The molecule has 0 fully saturated rings. The van der Waals surface area contributed by atoms with Gasteiger partial charge in [0.1, 0.15) is 5.82 Å². The van der Waals surface area contributed by atoms with E-state index in [1.165, 1.54) is 16.7 Å². The second-order valence-electron chi connectivity index (χ2n) is 5.64. The number of benzene rings is 2. The van der Waals surface area contributed by atoms with Gasteiger partial charge in [-0.05, 0) is 29.8 Å². The van der Waals surface area contributed by atoms with E-state index in [1.807, 2.05) is 24.3 Å². The third kappa shape index (κ3) is 2.92. The Morgan fingerprint density at radius 3 is 2.72 bits per heavy atom. The van der Waals surface area contributed by atoms with Crippen LogP contribution in [0.1, 0.15) is 16.0 Å². The number of thiazole rings is 1. The van der Waals surface area contributed by atoms with E-state index >= 15 is 0 Å². The second kappa shape index (κ2) is 6.14. The van der Waals surface area contributed by atoms with Crippen LogP contribution in [0.15, 0.2) is 58.3 Å². The largest absolute Gasteiger partial charge is 0.493 e. The lowest BCUT2D eigenvalue weighted by Crippen LogP contribution is -2.13. The Bertz CT molecular complexity index is 1060. The van der Waals surface area contributed by atoms with Gasteiger partial charge in [-0.2, -0.15) is 0 Å². The summed E-state index contributed by atoms with van der Waals surface area (Å²) in [7, 11) is 0. The van der Waals surface area contributed by atoms with Gasteiger partial charge in [-0.3, -0.25) is 14.4 Å². The normalized spacial score (nSPS) is 14.2. The fraction of sp³-hybridized carbons (Fsp3) is 0.0526. The van der Waals surface area contributed by atoms with Crippen molar-refractivity contribution in [1.29, 1.82) is 0 Å². The third-order valence-electron chi connectivity index (χ3n) is 3.99. The van der Waals surface area contributed by atoms with Crippen LogP contribution in [0.3, 0.4) is 0 Å². The van der Waals surface area contributed by atoms with E-state index in [2.05, 4.69) is 4.99 Å². The molecule has 1 N–H and O–H groups in total. The predicted molar refractivity (Wildman–Crippen MR) is 98.2 cm³/mol. The molecule has 3 aromatic rings. The molecule has 0 saturated carbocycles. The minimum absolute atomic E-state index is 0.0930. The molecular formula is C19H13FN2O2S. The van der Waals surface area contributed by atoms with Gasteiger partial charge in [0, 0.05) is 17.4 Å². The van der Waals surface area contributed by atoms with Gasteiger partial charge in [-0.1, -0.05) is 41.7 Å². The SMILES string of the molecule is O=c1sc(/C=C2\C=Nc3ccccc32)c(O)n1Cc1ccc(F)cc1. The highest BCUT2D eigenvalue weighted by molar-refractivity contribution is 7.10. The topological polar surface area (TPSA) is 54.6 Å². The van der Waals surface area contributed by atoms with Crippen LogP contribution in [0.2, 0.25) is 0 Å². The van der Waals surface area contributed by atoms with Crippen molar-refractivity contribution >= 4 is 34.9 Å².